The summed E-state index contributed by atoms with van der Waals surface area (Å²) in [5.74, 6) is 0.565. The van der Waals surface area contributed by atoms with Gasteiger partial charge in [0.1, 0.15) is 5.75 Å². The van der Waals surface area contributed by atoms with Crippen LogP contribution in [0.4, 0.5) is 0 Å². The van der Waals surface area contributed by atoms with Crippen molar-refractivity contribution in [2.75, 3.05) is 7.11 Å². The topological polar surface area (TPSA) is 52.4 Å². The molecule has 0 aromatic heterocycles. The van der Waals surface area contributed by atoms with E-state index in [0.29, 0.717) is 11.3 Å². The lowest BCUT2D eigenvalue weighted by molar-refractivity contribution is -0.496. The predicted octanol–water partition coefficient (Wildman–Crippen LogP) is 2.63. The van der Waals surface area contributed by atoms with Crippen LogP contribution in [0.5, 0.6) is 5.75 Å². The van der Waals surface area contributed by atoms with Gasteiger partial charge in [-0.25, -0.2) is 0 Å². The number of rotatable bonds is 3. The van der Waals surface area contributed by atoms with Crippen molar-refractivity contribution >= 4 is 10.8 Å². The van der Waals surface area contributed by atoms with Gasteiger partial charge in [-0.1, -0.05) is 30.3 Å². The summed E-state index contributed by atoms with van der Waals surface area (Å²) in [7, 11) is 1.52. The Morgan fingerprint density at radius 1 is 1.25 bits per heavy atom. The summed E-state index contributed by atoms with van der Waals surface area (Å²) in [6.45, 7) is -0.218. The summed E-state index contributed by atoms with van der Waals surface area (Å²) in [6.07, 6.45) is 0. The van der Waals surface area contributed by atoms with Crippen LogP contribution >= 0.6 is 0 Å². The van der Waals surface area contributed by atoms with Crippen LogP contribution in [0.1, 0.15) is 5.56 Å². The fourth-order valence-corrected chi connectivity index (χ4v) is 1.80. The van der Waals surface area contributed by atoms with Crippen molar-refractivity contribution < 1.29 is 9.66 Å². The largest absolute Gasteiger partial charge is 0.496 e. The van der Waals surface area contributed by atoms with Gasteiger partial charge in [0.05, 0.1) is 12.7 Å². The molecule has 0 aliphatic rings. The van der Waals surface area contributed by atoms with Crippen LogP contribution in [0.15, 0.2) is 36.4 Å². The molecule has 0 aliphatic heterocycles. The van der Waals surface area contributed by atoms with Crippen LogP contribution in [-0.2, 0) is 6.54 Å². The maximum Gasteiger partial charge on any atom is 0.233 e. The molecule has 2 aromatic carbocycles. The molecule has 0 unspecified atom stereocenters. The van der Waals surface area contributed by atoms with E-state index in [0.717, 1.165) is 10.8 Å². The second kappa shape index (κ2) is 4.18. The molecule has 0 N–H and O–H groups in total. The Morgan fingerprint density at radius 2 is 2.00 bits per heavy atom. The molecule has 0 bridgehead atoms. The lowest BCUT2D eigenvalue weighted by Crippen LogP contribution is -2.01. The molecule has 2 rings (SSSR count). The first-order valence-electron chi connectivity index (χ1n) is 4.89. The zero-order valence-electron chi connectivity index (χ0n) is 8.84. The summed E-state index contributed by atoms with van der Waals surface area (Å²) in [5, 5.41) is 12.5. The first-order valence-corrected chi connectivity index (χ1v) is 4.89. The number of fused-ring (bicyclic) bond motifs is 1. The van der Waals surface area contributed by atoms with E-state index in [9.17, 15) is 10.1 Å². The fraction of sp³-hybridized carbons (Fsp3) is 0.167. The highest BCUT2D eigenvalue weighted by Crippen LogP contribution is 2.28. The lowest BCUT2D eigenvalue weighted by atomic mass is 10.0. The number of nitrogens with zero attached hydrogens (tertiary/aromatic N) is 1. The molecule has 16 heavy (non-hydrogen) atoms. The van der Waals surface area contributed by atoms with Crippen molar-refractivity contribution in [3.8, 4) is 5.75 Å². The quantitative estimate of drug-likeness (QED) is 0.586. The number of hydrogen-bond acceptors (Lipinski definition) is 3. The monoisotopic (exact) mass is 217 g/mol. The summed E-state index contributed by atoms with van der Waals surface area (Å²) < 4.78 is 5.15. The van der Waals surface area contributed by atoms with E-state index in [1.807, 2.05) is 30.3 Å². The minimum absolute atomic E-state index is 0.218. The summed E-state index contributed by atoms with van der Waals surface area (Å²) in [4.78, 5) is 10.3. The molecule has 0 atom stereocenters. The van der Waals surface area contributed by atoms with E-state index < -0.39 is 0 Å². The van der Waals surface area contributed by atoms with Crippen LogP contribution in [0.3, 0.4) is 0 Å². The third-order valence-corrected chi connectivity index (χ3v) is 2.50. The number of benzene rings is 2. The Kier molecular flexibility index (Phi) is 2.72. The Morgan fingerprint density at radius 3 is 2.69 bits per heavy atom. The van der Waals surface area contributed by atoms with Gasteiger partial charge >= 0.3 is 0 Å². The van der Waals surface area contributed by atoms with Crippen molar-refractivity contribution in [3.05, 3.63) is 52.1 Å². The highest BCUT2D eigenvalue weighted by Gasteiger charge is 2.12. The van der Waals surface area contributed by atoms with Gasteiger partial charge in [-0.2, -0.15) is 0 Å². The Hall–Kier alpha value is -2.10. The van der Waals surface area contributed by atoms with Crippen LogP contribution in [-0.4, -0.2) is 12.0 Å². The molecular weight excluding hydrogens is 206 g/mol. The summed E-state index contributed by atoms with van der Waals surface area (Å²) in [5.41, 5.74) is 0.630. The van der Waals surface area contributed by atoms with Gasteiger partial charge in [0.2, 0.25) is 6.54 Å². The average molecular weight is 217 g/mol. The van der Waals surface area contributed by atoms with E-state index >= 15 is 0 Å². The summed E-state index contributed by atoms with van der Waals surface area (Å²) in [6, 6.07) is 11.2. The molecule has 0 fully saturated rings. The molecule has 4 nitrogen and oxygen atoms in total. The molecule has 0 amide bonds. The molecule has 2 aromatic rings. The van der Waals surface area contributed by atoms with E-state index in [2.05, 4.69) is 0 Å². The van der Waals surface area contributed by atoms with Crippen molar-refractivity contribution in [2.24, 2.45) is 0 Å². The molecular formula is C12H11NO3. The minimum Gasteiger partial charge on any atom is -0.496 e. The maximum absolute atomic E-state index is 10.6. The third-order valence-electron chi connectivity index (χ3n) is 2.50. The molecule has 4 heteroatoms. The Balaban J connectivity index is 2.67. The minimum atomic E-state index is -0.343. The highest BCUT2D eigenvalue weighted by atomic mass is 16.6. The van der Waals surface area contributed by atoms with E-state index in [4.69, 9.17) is 4.74 Å². The van der Waals surface area contributed by atoms with E-state index in [1.54, 1.807) is 6.07 Å². The molecule has 0 radical (unpaired) electrons. The zero-order chi connectivity index (χ0) is 11.5. The SMILES string of the molecule is COc1ccc2ccccc2c1C[N+](=O)[O-]. The fourth-order valence-electron chi connectivity index (χ4n) is 1.80. The first-order chi connectivity index (χ1) is 7.72. The van der Waals surface area contributed by atoms with Crippen LogP contribution in [0.25, 0.3) is 10.8 Å². The van der Waals surface area contributed by atoms with E-state index in [-0.39, 0.29) is 11.5 Å². The molecule has 0 aliphatic carbocycles. The van der Waals surface area contributed by atoms with Crippen molar-refractivity contribution in [1.29, 1.82) is 0 Å². The molecule has 0 saturated carbocycles. The average Bonchev–Trinajstić information content (AvgIpc) is 2.29. The highest BCUT2D eigenvalue weighted by molar-refractivity contribution is 5.87. The van der Waals surface area contributed by atoms with Crippen molar-refractivity contribution in [3.63, 3.8) is 0 Å². The second-order valence-electron chi connectivity index (χ2n) is 3.46. The van der Waals surface area contributed by atoms with Gasteiger partial charge in [0.25, 0.3) is 0 Å². The number of nitro groups is 1. The zero-order valence-corrected chi connectivity index (χ0v) is 8.84. The molecule has 82 valence electrons. The molecule has 0 heterocycles. The number of hydrogen-bond donors (Lipinski definition) is 0. The maximum atomic E-state index is 10.6. The van der Waals surface area contributed by atoms with Gasteiger partial charge in [-0.15, -0.1) is 0 Å². The Bertz CT molecular complexity index is 537. The van der Waals surface area contributed by atoms with Crippen LogP contribution in [0.2, 0.25) is 0 Å². The van der Waals surface area contributed by atoms with Gasteiger partial charge < -0.3 is 4.74 Å². The third kappa shape index (κ3) is 1.82. The number of methoxy groups -OCH3 is 1. The lowest BCUT2D eigenvalue weighted by Gasteiger charge is -2.08. The van der Waals surface area contributed by atoms with Gasteiger partial charge in [-0.3, -0.25) is 10.1 Å². The molecule has 0 spiro atoms. The summed E-state index contributed by atoms with van der Waals surface area (Å²) >= 11 is 0. The van der Waals surface area contributed by atoms with Crippen molar-refractivity contribution in [1.82, 2.24) is 0 Å². The smallest absolute Gasteiger partial charge is 0.233 e. The number of ether oxygens (including phenoxy) is 1. The van der Waals surface area contributed by atoms with Gasteiger partial charge in [0.15, 0.2) is 0 Å². The normalized spacial score (nSPS) is 10.3. The predicted molar refractivity (Wildman–Crippen MR) is 61.2 cm³/mol. The van der Waals surface area contributed by atoms with Crippen molar-refractivity contribution in [2.45, 2.75) is 6.54 Å². The second-order valence-corrected chi connectivity index (χ2v) is 3.46. The standard InChI is InChI=1S/C12H11NO3/c1-16-12-7-6-9-4-2-3-5-10(9)11(12)8-13(14)15/h2-7H,8H2,1H3. The van der Waals surface area contributed by atoms with Gasteiger partial charge in [-0.05, 0) is 16.8 Å². The first kappa shape index (κ1) is 10.4. The Labute approximate surface area is 92.6 Å². The van der Waals surface area contributed by atoms with E-state index in [1.165, 1.54) is 7.11 Å². The van der Waals surface area contributed by atoms with Crippen LogP contribution in [0, 0.1) is 10.1 Å². The van der Waals surface area contributed by atoms with Crippen LogP contribution < -0.4 is 4.74 Å². The van der Waals surface area contributed by atoms with Gasteiger partial charge in [0, 0.05) is 4.92 Å². The molecule has 0 saturated heterocycles.